The molecule has 0 radical (unpaired) electrons. The van der Waals surface area contributed by atoms with Crippen molar-refractivity contribution in [3.8, 4) is 17.6 Å². The number of carbonyl (C=O) groups is 2. The fourth-order valence-electron chi connectivity index (χ4n) is 3.06. The molecular weight excluding hydrogens is 368 g/mol. The molecule has 1 aliphatic heterocycles. The van der Waals surface area contributed by atoms with Gasteiger partial charge in [0.25, 0.3) is 11.8 Å². The lowest BCUT2D eigenvalue weighted by molar-refractivity contribution is -0.140. The lowest BCUT2D eigenvalue weighted by atomic mass is 9.93. The predicted molar refractivity (Wildman–Crippen MR) is 111 cm³/mol. The number of methoxy groups -OCH3 is 1. The van der Waals surface area contributed by atoms with Gasteiger partial charge in [0.1, 0.15) is 18.2 Å². The Hall–Kier alpha value is -3.33. The van der Waals surface area contributed by atoms with Crippen molar-refractivity contribution in [2.45, 2.75) is 33.1 Å². The Labute approximate surface area is 171 Å². The summed E-state index contributed by atoms with van der Waals surface area (Å²) >= 11 is 0. The van der Waals surface area contributed by atoms with E-state index in [0.29, 0.717) is 47.8 Å². The number of unbranched alkanes of at least 4 members (excludes halogenated alkanes) is 2. The van der Waals surface area contributed by atoms with E-state index in [9.17, 15) is 14.9 Å². The van der Waals surface area contributed by atoms with E-state index in [4.69, 9.17) is 9.47 Å². The molecule has 0 atom stereocenters. The van der Waals surface area contributed by atoms with Crippen LogP contribution in [-0.4, -0.2) is 37.0 Å². The van der Waals surface area contributed by atoms with Crippen LogP contribution in [0.4, 0.5) is 0 Å². The summed E-state index contributed by atoms with van der Waals surface area (Å²) in [5, 5.41) is 9.45. The highest BCUT2D eigenvalue weighted by Gasteiger charge is 2.34. The van der Waals surface area contributed by atoms with Gasteiger partial charge in [0, 0.05) is 12.1 Å². The first kappa shape index (κ1) is 22.0. The molecule has 0 aromatic heterocycles. The molecule has 0 spiro atoms. The molecule has 1 aliphatic rings. The van der Waals surface area contributed by atoms with E-state index >= 15 is 0 Å². The van der Waals surface area contributed by atoms with Gasteiger partial charge in [-0.05, 0) is 42.7 Å². The Balaban J connectivity index is 2.44. The number of hydrogen-bond donors (Lipinski definition) is 0. The highest BCUT2D eigenvalue weighted by Crippen LogP contribution is 2.31. The van der Waals surface area contributed by atoms with Gasteiger partial charge in [0.05, 0.1) is 7.11 Å². The van der Waals surface area contributed by atoms with Crippen molar-refractivity contribution in [1.82, 2.24) is 4.90 Å². The van der Waals surface area contributed by atoms with Gasteiger partial charge in [0.15, 0.2) is 11.5 Å². The summed E-state index contributed by atoms with van der Waals surface area (Å²) in [6, 6.07) is 7.24. The topological polar surface area (TPSA) is 79.6 Å². The van der Waals surface area contributed by atoms with Gasteiger partial charge in [-0.25, -0.2) is 0 Å². The van der Waals surface area contributed by atoms with Gasteiger partial charge in [-0.1, -0.05) is 38.5 Å². The van der Waals surface area contributed by atoms with Gasteiger partial charge < -0.3 is 9.47 Å². The summed E-state index contributed by atoms with van der Waals surface area (Å²) in [6.07, 6.45) is 5.90. The standard InChI is InChI=1S/C23H26N2O4/c1-5-7-8-11-25-22(26)18(16(3)19(15-24)23(25)27)13-17-9-10-20(29-12-6-2)21(14-17)28-4/h6,9-10,13-14H,2,5,7-8,11-12H2,1,3-4H3/b18-13+. The van der Waals surface area contributed by atoms with Crippen molar-refractivity contribution in [2.24, 2.45) is 0 Å². The zero-order valence-corrected chi connectivity index (χ0v) is 17.2. The third-order valence-electron chi connectivity index (χ3n) is 4.67. The maximum Gasteiger partial charge on any atom is 0.271 e. The minimum atomic E-state index is -0.519. The molecule has 6 nitrogen and oxygen atoms in total. The van der Waals surface area contributed by atoms with Crippen LogP contribution >= 0.6 is 0 Å². The lowest BCUT2D eigenvalue weighted by Crippen LogP contribution is -2.43. The minimum absolute atomic E-state index is 0.00486. The molecule has 152 valence electrons. The van der Waals surface area contributed by atoms with E-state index in [2.05, 4.69) is 6.58 Å². The molecule has 0 N–H and O–H groups in total. The predicted octanol–water partition coefficient (Wildman–Crippen LogP) is 4.04. The zero-order valence-electron chi connectivity index (χ0n) is 17.2. The van der Waals surface area contributed by atoms with Gasteiger partial charge in [-0.15, -0.1) is 0 Å². The van der Waals surface area contributed by atoms with Crippen molar-refractivity contribution in [3.05, 3.63) is 53.1 Å². The molecule has 0 unspecified atom stereocenters. The van der Waals surface area contributed by atoms with Crippen molar-refractivity contribution < 1.29 is 19.1 Å². The fourth-order valence-corrected chi connectivity index (χ4v) is 3.06. The average Bonchev–Trinajstić information content (AvgIpc) is 2.72. The number of amides is 2. The Morgan fingerprint density at radius 2 is 1.97 bits per heavy atom. The molecule has 1 heterocycles. The van der Waals surface area contributed by atoms with Gasteiger partial charge in [-0.3, -0.25) is 14.5 Å². The van der Waals surface area contributed by atoms with Crippen LogP contribution in [-0.2, 0) is 9.59 Å². The first-order chi connectivity index (χ1) is 14.0. The van der Waals surface area contributed by atoms with Gasteiger partial charge in [-0.2, -0.15) is 5.26 Å². The van der Waals surface area contributed by atoms with Crippen LogP contribution < -0.4 is 9.47 Å². The SMILES string of the molecule is C=CCOc1ccc(/C=C2/C(=O)N(CCCCC)C(=O)C(C#N)=C2C)cc1OC. The van der Waals surface area contributed by atoms with E-state index < -0.39 is 5.91 Å². The largest absolute Gasteiger partial charge is 0.493 e. The number of rotatable bonds is 9. The maximum absolute atomic E-state index is 13.0. The third-order valence-corrected chi connectivity index (χ3v) is 4.67. The average molecular weight is 394 g/mol. The quantitative estimate of drug-likeness (QED) is 0.273. The molecule has 1 aromatic rings. The molecule has 0 bridgehead atoms. The highest BCUT2D eigenvalue weighted by molar-refractivity contribution is 6.19. The van der Waals surface area contributed by atoms with E-state index in [0.717, 1.165) is 12.8 Å². The van der Waals surface area contributed by atoms with Gasteiger partial charge >= 0.3 is 0 Å². The lowest BCUT2D eigenvalue weighted by Gasteiger charge is -2.27. The molecule has 0 fully saturated rings. The normalized spacial score (nSPS) is 15.5. The van der Waals surface area contributed by atoms with E-state index in [1.807, 2.05) is 13.0 Å². The van der Waals surface area contributed by atoms with Crippen LogP contribution in [0.3, 0.4) is 0 Å². The smallest absolute Gasteiger partial charge is 0.271 e. The first-order valence-corrected chi connectivity index (χ1v) is 9.59. The Morgan fingerprint density at radius 3 is 2.59 bits per heavy atom. The summed E-state index contributed by atoms with van der Waals surface area (Å²) in [5.41, 5.74) is 1.43. The summed E-state index contributed by atoms with van der Waals surface area (Å²) in [7, 11) is 1.53. The monoisotopic (exact) mass is 394 g/mol. The summed E-state index contributed by atoms with van der Waals surface area (Å²) in [5.74, 6) is 0.177. The molecule has 2 amide bonds. The van der Waals surface area contributed by atoms with Crippen LogP contribution in [0.25, 0.3) is 6.08 Å². The molecule has 0 saturated heterocycles. The summed E-state index contributed by atoms with van der Waals surface area (Å²) in [4.78, 5) is 26.7. The molecule has 29 heavy (non-hydrogen) atoms. The summed E-state index contributed by atoms with van der Waals surface area (Å²) < 4.78 is 10.9. The number of benzene rings is 1. The van der Waals surface area contributed by atoms with E-state index in [1.54, 1.807) is 37.3 Å². The second-order valence-electron chi connectivity index (χ2n) is 6.65. The van der Waals surface area contributed by atoms with Crippen molar-refractivity contribution >= 4 is 17.9 Å². The molecular formula is C23H26N2O4. The Kier molecular flexibility index (Phi) is 7.79. The zero-order chi connectivity index (χ0) is 21.4. The van der Waals surface area contributed by atoms with Crippen LogP contribution in [0.1, 0.15) is 38.7 Å². The molecule has 6 heteroatoms. The molecule has 0 aliphatic carbocycles. The number of carbonyl (C=O) groups excluding carboxylic acids is 2. The Bertz CT molecular complexity index is 906. The van der Waals surface area contributed by atoms with E-state index in [-0.39, 0.29) is 11.5 Å². The van der Waals surface area contributed by atoms with Crippen LogP contribution in [0, 0.1) is 11.3 Å². The second-order valence-corrected chi connectivity index (χ2v) is 6.65. The van der Waals surface area contributed by atoms with Gasteiger partial charge in [0.2, 0.25) is 0 Å². The highest BCUT2D eigenvalue weighted by atomic mass is 16.5. The number of nitrogens with zero attached hydrogens (tertiary/aromatic N) is 2. The fraction of sp³-hybridized carbons (Fsp3) is 0.348. The Morgan fingerprint density at radius 1 is 1.21 bits per heavy atom. The molecule has 2 rings (SSSR count). The maximum atomic E-state index is 13.0. The number of imide groups is 1. The minimum Gasteiger partial charge on any atom is -0.493 e. The first-order valence-electron chi connectivity index (χ1n) is 9.59. The van der Waals surface area contributed by atoms with Crippen molar-refractivity contribution in [2.75, 3.05) is 20.3 Å². The molecule has 0 saturated carbocycles. The van der Waals surface area contributed by atoms with E-state index in [1.165, 1.54) is 12.0 Å². The van der Waals surface area contributed by atoms with Crippen molar-refractivity contribution in [1.29, 1.82) is 5.26 Å². The third kappa shape index (κ3) is 4.94. The van der Waals surface area contributed by atoms with Crippen LogP contribution in [0.2, 0.25) is 0 Å². The number of ether oxygens (including phenoxy) is 2. The summed E-state index contributed by atoms with van der Waals surface area (Å²) in [6.45, 7) is 7.95. The van der Waals surface area contributed by atoms with Crippen LogP contribution in [0.15, 0.2) is 47.6 Å². The molecule has 1 aromatic carbocycles. The number of hydrogen-bond acceptors (Lipinski definition) is 5. The second kappa shape index (κ2) is 10.3. The van der Waals surface area contributed by atoms with Crippen molar-refractivity contribution in [3.63, 3.8) is 0 Å². The van der Waals surface area contributed by atoms with Crippen LogP contribution in [0.5, 0.6) is 11.5 Å². The number of nitriles is 1.